The maximum absolute atomic E-state index is 14.9. The number of aromatic nitrogens is 1. The number of rotatable bonds is 4. The third-order valence-corrected chi connectivity index (χ3v) is 9.86. The number of aliphatic hydroxyl groups excluding tert-OH is 1. The van der Waals surface area contributed by atoms with E-state index in [2.05, 4.69) is 59.5 Å². The predicted octanol–water partition coefficient (Wildman–Crippen LogP) is 7.40. The van der Waals surface area contributed by atoms with Gasteiger partial charge in [-0.15, -0.1) is 0 Å². The van der Waals surface area contributed by atoms with E-state index in [4.69, 9.17) is 5.11 Å². The molecule has 0 fully saturated rings. The van der Waals surface area contributed by atoms with Crippen LogP contribution in [-0.2, 0) is 24.9 Å². The van der Waals surface area contributed by atoms with Crippen LogP contribution in [0.5, 0.6) is 0 Å². The molecule has 3 nitrogen and oxygen atoms in total. The van der Waals surface area contributed by atoms with Gasteiger partial charge in [-0.3, -0.25) is 4.79 Å². The molecule has 6 heteroatoms. The molecule has 189 valence electrons. The SMILES string of the molecule is CC(=O)/C=C(/C)O.Cc1cc(-c2cc(-c3cc[c]([Ge]([CH3])([CH3])[CH3])cc3F)ccn2)[c-]c2ccccc12.[Ir]. The van der Waals surface area contributed by atoms with Crippen molar-refractivity contribution in [3.8, 4) is 22.4 Å². The molecule has 1 aromatic heterocycles. The van der Waals surface area contributed by atoms with Gasteiger partial charge in [0.05, 0.1) is 5.76 Å². The van der Waals surface area contributed by atoms with Crippen LogP contribution in [0.15, 0.2) is 78.7 Å². The Morgan fingerprint density at radius 1 is 1.03 bits per heavy atom. The number of ketones is 1. The van der Waals surface area contributed by atoms with Gasteiger partial charge in [-0.2, -0.15) is 0 Å². The van der Waals surface area contributed by atoms with Gasteiger partial charge in [-0.05, 0) is 13.8 Å². The smallest absolute Gasteiger partial charge is 0 e. The maximum atomic E-state index is 14.9. The third kappa shape index (κ3) is 7.70. The van der Waals surface area contributed by atoms with Crippen LogP contribution in [-0.4, -0.2) is 29.1 Å². The number of halogens is 1. The Morgan fingerprint density at radius 3 is 2.31 bits per heavy atom. The predicted molar refractivity (Wildman–Crippen MR) is 146 cm³/mol. The van der Waals surface area contributed by atoms with E-state index in [1.807, 2.05) is 30.3 Å². The second-order valence-electron chi connectivity index (χ2n) is 9.68. The Bertz CT molecular complexity index is 1410. The van der Waals surface area contributed by atoms with Crippen LogP contribution >= 0.6 is 0 Å². The summed E-state index contributed by atoms with van der Waals surface area (Å²) in [4.78, 5) is 14.5. The molecule has 3 aromatic carbocycles. The zero-order valence-electron chi connectivity index (χ0n) is 21.4. The zero-order chi connectivity index (χ0) is 25.8. The second kappa shape index (κ2) is 12.6. The van der Waals surface area contributed by atoms with Crippen molar-refractivity contribution in [2.24, 2.45) is 0 Å². The Labute approximate surface area is 229 Å². The van der Waals surface area contributed by atoms with Gasteiger partial charge in [0, 0.05) is 26.2 Å². The van der Waals surface area contributed by atoms with Crippen LogP contribution in [0.2, 0.25) is 17.3 Å². The molecule has 0 aliphatic rings. The molecule has 0 spiro atoms. The molecule has 36 heavy (non-hydrogen) atoms. The Kier molecular flexibility index (Phi) is 10.4. The quantitative estimate of drug-likeness (QED) is 0.104. The fourth-order valence-electron chi connectivity index (χ4n) is 3.80. The molecule has 0 aliphatic heterocycles. The van der Waals surface area contributed by atoms with E-state index in [0.29, 0.717) is 5.56 Å². The van der Waals surface area contributed by atoms with E-state index in [9.17, 15) is 9.18 Å². The van der Waals surface area contributed by atoms with Crippen molar-refractivity contribution in [3.63, 3.8) is 0 Å². The number of hydrogen-bond donors (Lipinski definition) is 1. The van der Waals surface area contributed by atoms with Crippen LogP contribution in [0, 0.1) is 18.8 Å². The minimum absolute atomic E-state index is 0. The first-order valence-electron chi connectivity index (χ1n) is 11.5. The van der Waals surface area contributed by atoms with Crippen LogP contribution in [0.3, 0.4) is 0 Å². The molecule has 0 bridgehead atoms. The number of pyridine rings is 1. The molecule has 1 N–H and O–H groups in total. The van der Waals surface area contributed by atoms with E-state index < -0.39 is 13.3 Å². The van der Waals surface area contributed by atoms with Crippen molar-refractivity contribution in [1.29, 1.82) is 0 Å². The summed E-state index contributed by atoms with van der Waals surface area (Å²) in [6.07, 6.45) is 2.91. The number of carbonyl (C=O) groups excluding carboxylic acids is 1. The summed E-state index contributed by atoms with van der Waals surface area (Å²) >= 11 is -2.05. The Balaban J connectivity index is 0.000000503. The molecule has 0 amide bonds. The van der Waals surface area contributed by atoms with Crippen LogP contribution in [0.4, 0.5) is 4.39 Å². The number of allylic oxidation sites excluding steroid dienone is 2. The number of aryl methyl sites for hydroxylation is 1. The van der Waals surface area contributed by atoms with E-state index in [0.717, 1.165) is 22.2 Å². The normalized spacial score (nSPS) is 11.4. The van der Waals surface area contributed by atoms with Gasteiger partial charge in [0.15, 0.2) is 5.78 Å². The number of hydrogen-bond acceptors (Lipinski definition) is 3. The fourth-order valence-corrected chi connectivity index (χ4v) is 6.20. The first kappa shape index (κ1) is 29.6. The summed E-state index contributed by atoms with van der Waals surface area (Å²) < 4.78 is 16.0. The molecule has 1 radical (unpaired) electrons. The first-order chi connectivity index (χ1) is 16.5. The molecule has 1 heterocycles. The summed E-state index contributed by atoms with van der Waals surface area (Å²) in [6, 6.07) is 23.3. The number of carbonyl (C=O) groups is 1. The molecule has 4 rings (SSSR count). The van der Waals surface area contributed by atoms with Crippen molar-refractivity contribution >= 4 is 34.2 Å². The fraction of sp³-hybridized carbons (Fsp3) is 0.200. The summed E-state index contributed by atoms with van der Waals surface area (Å²) in [5.74, 6) is 6.60. The summed E-state index contributed by atoms with van der Waals surface area (Å²) in [7, 11) is 0. The zero-order valence-corrected chi connectivity index (χ0v) is 25.9. The van der Waals surface area contributed by atoms with E-state index in [-0.39, 0.29) is 37.5 Å². The van der Waals surface area contributed by atoms with Gasteiger partial charge >= 0.3 is 163 Å². The van der Waals surface area contributed by atoms with Crippen molar-refractivity contribution in [1.82, 2.24) is 4.98 Å². The van der Waals surface area contributed by atoms with Gasteiger partial charge in [0.25, 0.3) is 0 Å². The third-order valence-electron chi connectivity index (χ3n) is 5.58. The standard InChI is InChI=1S/C25H23FGeN.C5H8O2.Ir/c1-17-13-20(14-18-7-5-6-8-22(17)18)25-15-19(11-12-28-25)23-10-9-21(16-24(23)26)27(2,3)4;1-4(6)3-5(2)7;/h5-13,15-16H,1-4H3;3,6H,1-2H3;/q-1;;/b;4-3-;. The van der Waals surface area contributed by atoms with Crippen molar-refractivity contribution in [3.05, 3.63) is 96.1 Å². The Morgan fingerprint density at radius 2 is 1.72 bits per heavy atom. The molecule has 0 saturated carbocycles. The molecular weight excluding hydrogens is 690 g/mol. The molecule has 0 aliphatic carbocycles. The van der Waals surface area contributed by atoms with Crippen molar-refractivity contribution < 1.29 is 34.4 Å². The van der Waals surface area contributed by atoms with Crippen molar-refractivity contribution in [2.75, 3.05) is 0 Å². The number of nitrogens with zero attached hydrogens (tertiary/aromatic N) is 1. The number of fused-ring (bicyclic) bond motifs is 1. The topological polar surface area (TPSA) is 50.2 Å². The van der Waals surface area contributed by atoms with Crippen LogP contribution < -0.4 is 4.40 Å². The Hall–Kier alpha value is -2.60. The van der Waals surface area contributed by atoms with E-state index in [1.54, 1.807) is 12.3 Å². The maximum Gasteiger partial charge on any atom is 0 e. The minimum atomic E-state index is -2.05. The van der Waals surface area contributed by atoms with E-state index >= 15 is 0 Å². The summed E-state index contributed by atoms with van der Waals surface area (Å²) in [6.45, 7) is 4.95. The molecule has 4 aromatic rings. The van der Waals surface area contributed by atoms with E-state index in [1.165, 1.54) is 35.3 Å². The molecule has 0 unspecified atom stereocenters. The largest absolute Gasteiger partial charge is 0 e. The van der Waals surface area contributed by atoms with Crippen molar-refractivity contribution in [2.45, 2.75) is 38.0 Å². The van der Waals surface area contributed by atoms with Gasteiger partial charge in [-0.1, -0.05) is 6.07 Å². The van der Waals surface area contributed by atoms with Gasteiger partial charge < -0.3 is 5.11 Å². The minimum Gasteiger partial charge on any atom is 0 e. The summed E-state index contributed by atoms with van der Waals surface area (Å²) in [5, 5.41) is 10.6. The number of aliphatic hydroxyl groups is 1. The van der Waals surface area contributed by atoms with Gasteiger partial charge in [-0.25, -0.2) is 0 Å². The number of benzene rings is 3. The molecule has 0 saturated heterocycles. The monoisotopic (exact) mass is 723 g/mol. The second-order valence-corrected chi connectivity index (χ2v) is 20.3. The van der Waals surface area contributed by atoms with Gasteiger partial charge in [0.1, 0.15) is 0 Å². The van der Waals surface area contributed by atoms with Crippen LogP contribution in [0.1, 0.15) is 19.4 Å². The first-order valence-corrected chi connectivity index (χ1v) is 18.9. The summed E-state index contributed by atoms with van der Waals surface area (Å²) in [5.41, 5.74) is 4.39. The average Bonchev–Trinajstić information content (AvgIpc) is 2.78. The molecular formula is C30H31FGeIrNO2-. The van der Waals surface area contributed by atoms with Crippen LogP contribution in [0.25, 0.3) is 33.2 Å². The molecule has 0 atom stereocenters. The average molecular weight is 721 g/mol. The van der Waals surface area contributed by atoms with Gasteiger partial charge in [0.2, 0.25) is 0 Å².